The van der Waals surface area contributed by atoms with Crippen LogP contribution in [0.15, 0.2) is 0 Å². The minimum absolute atomic E-state index is 0.759. The van der Waals surface area contributed by atoms with Gasteiger partial charge in [-0.05, 0) is 32.2 Å². The number of nitrogens with zero attached hydrogens (tertiary/aromatic N) is 1. The first-order chi connectivity index (χ1) is 6.86. The van der Waals surface area contributed by atoms with Gasteiger partial charge in [-0.1, -0.05) is 13.8 Å². The molecule has 0 bridgehead atoms. The van der Waals surface area contributed by atoms with Gasteiger partial charge in [0.25, 0.3) is 0 Å². The highest BCUT2D eigenvalue weighted by Gasteiger charge is 2.17. The molecule has 2 N–H and O–H groups in total. The second-order valence-electron chi connectivity index (χ2n) is 4.12. The summed E-state index contributed by atoms with van der Waals surface area (Å²) in [5, 5.41) is 5.96. The zero-order valence-electron chi connectivity index (χ0n) is 9.68. The highest BCUT2D eigenvalue weighted by molar-refractivity contribution is 4.75. The number of nitrogens with one attached hydrogen (secondary N) is 2. The Morgan fingerprint density at radius 2 is 1.71 bits per heavy atom. The van der Waals surface area contributed by atoms with Crippen molar-refractivity contribution >= 4 is 0 Å². The van der Waals surface area contributed by atoms with Crippen LogP contribution in [0.2, 0.25) is 0 Å². The van der Waals surface area contributed by atoms with Gasteiger partial charge in [0, 0.05) is 25.7 Å². The molecule has 3 nitrogen and oxygen atoms in total. The quantitative estimate of drug-likeness (QED) is 0.676. The molecule has 0 amide bonds. The van der Waals surface area contributed by atoms with E-state index in [1.807, 2.05) is 0 Å². The maximum atomic E-state index is 3.59. The molecule has 84 valence electrons. The molecule has 14 heavy (non-hydrogen) atoms. The predicted molar refractivity (Wildman–Crippen MR) is 61.2 cm³/mol. The van der Waals surface area contributed by atoms with E-state index in [0.29, 0.717) is 0 Å². The Morgan fingerprint density at radius 3 is 2.29 bits per heavy atom. The van der Waals surface area contributed by atoms with E-state index in [4.69, 9.17) is 0 Å². The minimum atomic E-state index is 0.759. The Balaban J connectivity index is 2.05. The molecule has 1 rings (SSSR count). The van der Waals surface area contributed by atoms with Gasteiger partial charge < -0.3 is 5.32 Å². The van der Waals surface area contributed by atoms with E-state index < -0.39 is 0 Å². The smallest absolute Gasteiger partial charge is 0.0145 e. The van der Waals surface area contributed by atoms with Crippen molar-refractivity contribution in [2.75, 3.05) is 26.2 Å². The van der Waals surface area contributed by atoms with Gasteiger partial charge in [-0.15, -0.1) is 0 Å². The van der Waals surface area contributed by atoms with Gasteiger partial charge >= 0.3 is 0 Å². The molecule has 3 heteroatoms. The summed E-state index contributed by atoms with van der Waals surface area (Å²) in [6.45, 7) is 9.12. The number of rotatable bonds is 6. The molecule has 1 saturated heterocycles. The highest BCUT2D eigenvalue weighted by Crippen LogP contribution is 2.07. The molecule has 0 spiro atoms. The van der Waals surface area contributed by atoms with Crippen LogP contribution in [0.4, 0.5) is 0 Å². The molecule has 0 aromatic carbocycles. The summed E-state index contributed by atoms with van der Waals surface area (Å²) >= 11 is 0. The van der Waals surface area contributed by atoms with Gasteiger partial charge in [-0.3, -0.25) is 5.43 Å². The first-order valence-electron chi connectivity index (χ1n) is 6.08. The van der Waals surface area contributed by atoms with Crippen LogP contribution in [0.5, 0.6) is 0 Å². The maximum Gasteiger partial charge on any atom is 0.0145 e. The molecule has 1 heterocycles. The van der Waals surface area contributed by atoms with E-state index in [1.54, 1.807) is 0 Å². The molecular weight excluding hydrogens is 174 g/mol. The van der Waals surface area contributed by atoms with Gasteiger partial charge in [-0.25, -0.2) is 5.01 Å². The lowest BCUT2D eigenvalue weighted by Crippen LogP contribution is -2.48. The Labute approximate surface area is 88.2 Å². The van der Waals surface area contributed by atoms with Gasteiger partial charge in [0.15, 0.2) is 0 Å². The van der Waals surface area contributed by atoms with Gasteiger partial charge in [-0.2, -0.15) is 0 Å². The second-order valence-corrected chi connectivity index (χ2v) is 4.12. The molecule has 0 radical (unpaired) electrons. The van der Waals surface area contributed by atoms with Crippen molar-refractivity contribution in [3.8, 4) is 0 Å². The number of hydrogen-bond acceptors (Lipinski definition) is 3. The van der Waals surface area contributed by atoms with E-state index in [0.717, 1.165) is 12.6 Å². The summed E-state index contributed by atoms with van der Waals surface area (Å²) in [7, 11) is 0. The number of hydrazine groups is 1. The molecule has 1 aliphatic heterocycles. The maximum absolute atomic E-state index is 3.59. The fourth-order valence-corrected chi connectivity index (χ4v) is 1.86. The molecule has 0 unspecified atom stereocenters. The van der Waals surface area contributed by atoms with Crippen molar-refractivity contribution in [3.05, 3.63) is 0 Å². The molecule has 0 aromatic heterocycles. The van der Waals surface area contributed by atoms with Crippen LogP contribution >= 0.6 is 0 Å². The third-order valence-corrected chi connectivity index (χ3v) is 2.76. The van der Waals surface area contributed by atoms with Crippen LogP contribution in [0.3, 0.4) is 0 Å². The number of piperidine rings is 1. The molecule has 0 saturated carbocycles. The second kappa shape index (κ2) is 7.21. The summed E-state index contributed by atoms with van der Waals surface area (Å²) in [6, 6.07) is 0.759. The predicted octanol–water partition coefficient (Wildman–Crippen LogP) is 1.36. The van der Waals surface area contributed by atoms with Gasteiger partial charge in [0.05, 0.1) is 0 Å². The van der Waals surface area contributed by atoms with E-state index in [1.165, 1.54) is 45.3 Å². The van der Waals surface area contributed by atoms with Crippen molar-refractivity contribution < 1.29 is 0 Å². The lowest BCUT2D eigenvalue weighted by molar-refractivity contribution is 0.135. The van der Waals surface area contributed by atoms with Crippen LogP contribution < -0.4 is 10.7 Å². The Bertz CT molecular complexity index is 114. The van der Waals surface area contributed by atoms with Crippen molar-refractivity contribution in [2.24, 2.45) is 0 Å². The monoisotopic (exact) mass is 199 g/mol. The summed E-state index contributed by atoms with van der Waals surface area (Å²) in [5.74, 6) is 0. The van der Waals surface area contributed by atoms with Crippen molar-refractivity contribution in [3.63, 3.8) is 0 Å². The van der Waals surface area contributed by atoms with Gasteiger partial charge in [0.2, 0.25) is 0 Å². The van der Waals surface area contributed by atoms with Crippen LogP contribution in [0, 0.1) is 0 Å². The molecule has 0 aromatic rings. The number of hydrogen-bond donors (Lipinski definition) is 2. The van der Waals surface area contributed by atoms with Crippen LogP contribution in [0.25, 0.3) is 0 Å². The first-order valence-corrected chi connectivity index (χ1v) is 6.08. The van der Waals surface area contributed by atoms with E-state index in [2.05, 4.69) is 29.6 Å². The molecule has 1 aliphatic rings. The largest absolute Gasteiger partial charge is 0.314 e. The molecule has 1 fully saturated rings. The Hall–Kier alpha value is -0.120. The van der Waals surface area contributed by atoms with E-state index in [9.17, 15) is 0 Å². The lowest BCUT2D eigenvalue weighted by atomic mass is 10.1. The molecule has 0 aliphatic carbocycles. The van der Waals surface area contributed by atoms with Crippen molar-refractivity contribution in [1.29, 1.82) is 0 Å². The normalized spacial score (nSPS) is 20.1. The summed E-state index contributed by atoms with van der Waals surface area (Å²) in [5.41, 5.74) is 3.45. The Morgan fingerprint density at radius 1 is 1.07 bits per heavy atom. The minimum Gasteiger partial charge on any atom is -0.314 e. The first kappa shape index (κ1) is 12.0. The third kappa shape index (κ3) is 4.40. The zero-order valence-corrected chi connectivity index (χ0v) is 9.68. The van der Waals surface area contributed by atoms with Crippen LogP contribution in [0.1, 0.15) is 39.5 Å². The summed E-state index contributed by atoms with van der Waals surface area (Å²) in [4.78, 5) is 0. The topological polar surface area (TPSA) is 27.3 Å². The van der Waals surface area contributed by atoms with Crippen LogP contribution in [-0.2, 0) is 0 Å². The lowest BCUT2D eigenvalue weighted by Gasteiger charge is -2.32. The Kier molecular flexibility index (Phi) is 6.15. The average Bonchev–Trinajstić information content (AvgIpc) is 2.25. The van der Waals surface area contributed by atoms with E-state index >= 15 is 0 Å². The molecule has 0 atom stereocenters. The van der Waals surface area contributed by atoms with Crippen molar-refractivity contribution in [1.82, 2.24) is 15.8 Å². The fraction of sp³-hybridized carbons (Fsp3) is 1.00. The molecular formula is C11H25N3. The summed E-state index contributed by atoms with van der Waals surface area (Å²) < 4.78 is 0. The average molecular weight is 199 g/mol. The standard InChI is InChI=1S/C11H25N3/c1-3-7-12-11-5-9-14(10-6-11)13-8-4-2/h11-13H,3-10H2,1-2H3. The van der Waals surface area contributed by atoms with Gasteiger partial charge in [0.1, 0.15) is 0 Å². The summed E-state index contributed by atoms with van der Waals surface area (Å²) in [6.07, 6.45) is 5.04. The third-order valence-electron chi connectivity index (χ3n) is 2.76. The zero-order chi connectivity index (χ0) is 10.2. The van der Waals surface area contributed by atoms with Crippen LogP contribution in [-0.4, -0.2) is 37.2 Å². The van der Waals surface area contributed by atoms with E-state index in [-0.39, 0.29) is 0 Å². The SMILES string of the molecule is CCCNC1CCN(NCCC)CC1. The fourth-order valence-electron chi connectivity index (χ4n) is 1.86. The van der Waals surface area contributed by atoms with Crippen molar-refractivity contribution in [2.45, 2.75) is 45.6 Å². The highest BCUT2D eigenvalue weighted by atomic mass is 15.5.